The number of hydrogen-bond acceptors (Lipinski definition) is 2. The molecule has 0 aromatic rings. The van der Waals surface area contributed by atoms with Gasteiger partial charge in [-0.2, -0.15) is 0 Å². The van der Waals surface area contributed by atoms with Gasteiger partial charge in [0.1, 0.15) is 0 Å². The van der Waals surface area contributed by atoms with E-state index in [0.717, 1.165) is 26.2 Å². The molecule has 0 radical (unpaired) electrons. The topological polar surface area (TPSA) is 24.1 Å². The molecule has 2 N–H and O–H groups in total. The largest absolute Gasteiger partial charge is 0.314 e. The maximum absolute atomic E-state index is 3.22. The first-order valence-corrected chi connectivity index (χ1v) is 8.41. The van der Waals surface area contributed by atoms with Gasteiger partial charge in [-0.05, 0) is 0 Å². The van der Waals surface area contributed by atoms with Gasteiger partial charge < -0.3 is 10.6 Å². The van der Waals surface area contributed by atoms with Gasteiger partial charge in [-0.25, -0.2) is 0 Å². The van der Waals surface area contributed by atoms with Gasteiger partial charge in [0.05, 0.1) is 0 Å². The maximum atomic E-state index is 3.22. The molecular weight excluding hydrogens is 220 g/mol. The van der Waals surface area contributed by atoms with Crippen molar-refractivity contribution >= 4 is 0 Å². The fourth-order valence-corrected chi connectivity index (χ4v) is 1.66. The Balaban J connectivity index is -0.000000178. The van der Waals surface area contributed by atoms with E-state index >= 15 is 0 Å². The van der Waals surface area contributed by atoms with Crippen molar-refractivity contribution in [2.45, 2.75) is 80.1 Å². The van der Waals surface area contributed by atoms with Gasteiger partial charge in [-0.1, -0.05) is 80.1 Å². The third-order valence-electron chi connectivity index (χ3n) is 2.46. The molecule has 1 saturated heterocycles. The smallest absolute Gasteiger partial charge is 0.00772 e. The van der Waals surface area contributed by atoms with Crippen LogP contribution >= 0.6 is 0 Å². The Bertz CT molecular complexity index is 52.1. The summed E-state index contributed by atoms with van der Waals surface area (Å²) < 4.78 is 0. The molecule has 0 aromatic heterocycles. The fraction of sp³-hybridized carbons (Fsp3) is 1.00. The number of nitrogens with one attached hydrogen (secondary N) is 2. The summed E-state index contributed by atoms with van der Waals surface area (Å²) in [5.74, 6) is 0. The summed E-state index contributed by atoms with van der Waals surface area (Å²) in [6, 6.07) is 0. The molecule has 0 aromatic carbocycles. The van der Waals surface area contributed by atoms with Gasteiger partial charge in [0, 0.05) is 26.2 Å². The molecular formula is C16H40N2. The molecule has 0 spiro atoms. The summed E-state index contributed by atoms with van der Waals surface area (Å²) in [4.78, 5) is 0. The van der Waals surface area contributed by atoms with Crippen molar-refractivity contribution < 1.29 is 0 Å². The van der Waals surface area contributed by atoms with Crippen molar-refractivity contribution in [3.8, 4) is 0 Å². The first-order valence-electron chi connectivity index (χ1n) is 8.41. The van der Waals surface area contributed by atoms with E-state index < -0.39 is 0 Å². The lowest BCUT2D eigenvalue weighted by molar-refractivity contribution is 0.504. The van der Waals surface area contributed by atoms with Crippen LogP contribution in [0, 0.1) is 0 Å². The van der Waals surface area contributed by atoms with Crippen molar-refractivity contribution in [2.75, 3.05) is 26.2 Å². The van der Waals surface area contributed by atoms with Crippen LogP contribution in [-0.2, 0) is 0 Å². The summed E-state index contributed by atoms with van der Waals surface area (Å²) in [6.45, 7) is 16.6. The highest BCUT2D eigenvalue weighted by Gasteiger charge is 1.95. The third-order valence-corrected chi connectivity index (χ3v) is 2.46. The van der Waals surface area contributed by atoms with E-state index in [4.69, 9.17) is 0 Å². The zero-order chi connectivity index (χ0) is 14.5. The Morgan fingerprint density at radius 1 is 0.389 bits per heavy atom. The normalized spacial score (nSPS) is 17.0. The molecule has 0 atom stereocenters. The fourth-order valence-electron chi connectivity index (χ4n) is 1.66. The summed E-state index contributed by atoms with van der Waals surface area (Å²) >= 11 is 0. The molecule has 2 fully saturated rings. The number of rotatable bonds is 0. The minimum Gasteiger partial charge on any atom is -0.314 e. The average Bonchev–Trinajstić information content (AvgIpc) is 2.57. The second-order valence-corrected chi connectivity index (χ2v) is 3.62. The molecule has 1 heterocycles. The van der Waals surface area contributed by atoms with E-state index in [-0.39, 0.29) is 0 Å². The third kappa shape index (κ3) is 24.9. The van der Waals surface area contributed by atoms with Crippen LogP contribution in [0.25, 0.3) is 0 Å². The quantitative estimate of drug-likeness (QED) is 0.665. The molecule has 2 nitrogen and oxygen atoms in total. The number of hydrogen-bond donors (Lipinski definition) is 2. The molecule has 1 aliphatic heterocycles. The van der Waals surface area contributed by atoms with Crippen LogP contribution < -0.4 is 10.6 Å². The zero-order valence-electron chi connectivity index (χ0n) is 14.1. The van der Waals surface area contributed by atoms with Gasteiger partial charge in [0.15, 0.2) is 0 Å². The van der Waals surface area contributed by atoms with Gasteiger partial charge in [-0.3, -0.25) is 0 Å². The molecule has 2 heteroatoms. The van der Waals surface area contributed by atoms with Crippen LogP contribution in [0.2, 0.25) is 0 Å². The molecule has 0 bridgehead atoms. The molecule has 0 unspecified atom stereocenters. The second-order valence-electron chi connectivity index (χ2n) is 3.62. The first-order chi connectivity index (χ1) is 9.00. The van der Waals surface area contributed by atoms with Crippen LogP contribution in [0.15, 0.2) is 0 Å². The van der Waals surface area contributed by atoms with Crippen molar-refractivity contribution in [2.24, 2.45) is 0 Å². The predicted molar refractivity (Wildman–Crippen MR) is 87.5 cm³/mol. The Hall–Kier alpha value is -0.0800. The van der Waals surface area contributed by atoms with E-state index in [1.54, 1.807) is 0 Å². The number of piperazine rings is 1. The molecule has 1 saturated carbocycles. The summed E-state index contributed by atoms with van der Waals surface area (Å²) in [7, 11) is 0. The Morgan fingerprint density at radius 3 is 0.667 bits per heavy atom. The summed E-state index contributed by atoms with van der Waals surface area (Å²) in [5.41, 5.74) is 0. The standard InChI is InChI=1S/C6H12.C4H10N2.3C2H6/c1-2-4-6-5-3-1;1-2-6-4-3-5-1;3*1-2/h1-6H2;5-6H,1-4H2;3*1-2H3. The highest BCUT2D eigenvalue weighted by atomic mass is 15.0. The molecule has 1 aliphatic carbocycles. The summed E-state index contributed by atoms with van der Waals surface area (Å²) in [5, 5.41) is 6.44. The van der Waals surface area contributed by atoms with Crippen LogP contribution in [0.3, 0.4) is 0 Å². The van der Waals surface area contributed by atoms with Crippen LogP contribution in [0.5, 0.6) is 0 Å². The minimum absolute atomic E-state index is 1.14. The van der Waals surface area contributed by atoms with E-state index in [1.807, 2.05) is 41.5 Å². The van der Waals surface area contributed by atoms with Crippen molar-refractivity contribution in [3.63, 3.8) is 0 Å². The predicted octanol–water partition coefficient (Wildman–Crippen LogP) is 4.60. The molecule has 2 aliphatic rings. The second kappa shape index (κ2) is 30.2. The highest BCUT2D eigenvalue weighted by molar-refractivity contribution is 4.59. The zero-order valence-corrected chi connectivity index (χ0v) is 14.1. The molecule has 2 rings (SSSR count). The Labute approximate surface area is 117 Å². The lowest BCUT2D eigenvalue weighted by atomic mass is 10.0. The maximum Gasteiger partial charge on any atom is 0.00772 e. The van der Waals surface area contributed by atoms with E-state index in [2.05, 4.69) is 10.6 Å². The van der Waals surface area contributed by atoms with Gasteiger partial charge >= 0.3 is 0 Å². The lowest BCUT2D eigenvalue weighted by Crippen LogP contribution is -2.39. The molecule has 114 valence electrons. The van der Waals surface area contributed by atoms with Crippen LogP contribution in [0.4, 0.5) is 0 Å². The van der Waals surface area contributed by atoms with Gasteiger partial charge in [0.2, 0.25) is 0 Å². The van der Waals surface area contributed by atoms with Crippen molar-refractivity contribution in [1.82, 2.24) is 10.6 Å². The van der Waals surface area contributed by atoms with E-state index in [9.17, 15) is 0 Å². The average molecular weight is 261 g/mol. The first kappa shape index (κ1) is 23.0. The Morgan fingerprint density at radius 2 is 0.556 bits per heavy atom. The van der Waals surface area contributed by atoms with E-state index in [1.165, 1.54) is 38.5 Å². The SMILES string of the molecule is C1CCCCC1.C1CNCCN1.CC.CC.CC. The molecule has 18 heavy (non-hydrogen) atoms. The van der Waals surface area contributed by atoms with Crippen LogP contribution in [-0.4, -0.2) is 26.2 Å². The molecule has 0 amide bonds. The van der Waals surface area contributed by atoms with Gasteiger partial charge in [0.25, 0.3) is 0 Å². The minimum atomic E-state index is 1.14. The van der Waals surface area contributed by atoms with Gasteiger partial charge in [-0.15, -0.1) is 0 Å². The van der Waals surface area contributed by atoms with E-state index in [0.29, 0.717) is 0 Å². The monoisotopic (exact) mass is 260 g/mol. The Kier molecular flexibility index (Phi) is 38.6. The summed E-state index contributed by atoms with van der Waals surface area (Å²) in [6.07, 6.45) is 9.00. The highest BCUT2D eigenvalue weighted by Crippen LogP contribution is 2.15. The van der Waals surface area contributed by atoms with Crippen molar-refractivity contribution in [1.29, 1.82) is 0 Å². The van der Waals surface area contributed by atoms with Crippen molar-refractivity contribution in [3.05, 3.63) is 0 Å². The lowest BCUT2D eigenvalue weighted by Gasteiger charge is -2.11. The van der Waals surface area contributed by atoms with Crippen LogP contribution in [0.1, 0.15) is 80.1 Å².